The van der Waals surface area contributed by atoms with E-state index in [0.29, 0.717) is 0 Å². The van der Waals surface area contributed by atoms with E-state index in [4.69, 9.17) is 11.5 Å². The van der Waals surface area contributed by atoms with Crippen molar-refractivity contribution in [3.05, 3.63) is 0 Å². The minimum absolute atomic E-state index is 0.0182. The van der Waals surface area contributed by atoms with Gasteiger partial charge in [-0.15, -0.1) is 0 Å². The van der Waals surface area contributed by atoms with Gasteiger partial charge in [-0.25, -0.2) is 0 Å². The number of likely N-dealkylation sites (tertiary alicyclic amines) is 1. The summed E-state index contributed by atoms with van der Waals surface area (Å²) in [4.78, 5) is 25.1. The van der Waals surface area contributed by atoms with Crippen LogP contribution < -0.4 is 11.5 Å². The zero-order chi connectivity index (χ0) is 13.1. The Morgan fingerprint density at radius 2 is 1.61 bits per heavy atom. The van der Waals surface area contributed by atoms with Crippen LogP contribution in [0, 0.1) is 11.8 Å². The normalized spacial score (nSPS) is 30.2. The van der Waals surface area contributed by atoms with E-state index < -0.39 is 6.04 Å². The number of carbonyl (C=O) groups is 2. The molecular formula is C13H23N3O2. The number of nitrogens with two attached hydrogens (primary N) is 2. The molecule has 0 unspecified atom stereocenters. The SMILES string of the molecule is NC(=O)[C@H]1CC[C@H]([C@H](N)C(=O)N2CCCC2)CC1. The van der Waals surface area contributed by atoms with Gasteiger partial charge in [-0.05, 0) is 44.4 Å². The standard InChI is InChI=1S/C13H23N3O2/c14-11(13(18)16-7-1-2-8-16)9-3-5-10(6-4-9)12(15)17/h9-11H,1-8,14H2,(H2,15,17)/t9-,10-,11-/m0/s1. The first-order valence-electron chi connectivity index (χ1n) is 6.93. The van der Waals surface area contributed by atoms with Gasteiger partial charge < -0.3 is 16.4 Å². The predicted octanol–water partition coefficient (Wildman–Crippen LogP) is 0.228. The maximum atomic E-state index is 12.2. The van der Waals surface area contributed by atoms with Crippen molar-refractivity contribution in [1.82, 2.24) is 4.90 Å². The van der Waals surface area contributed by atoms with Crippen LogP contribution in [-0.4, -0.2) is 35.8 Å². The second kappa shape index (κ2) is 5.69. The lowest BCUT2D eigenvalue weighted by Gasteiger charge is -2.32. The fourth-order valence-corrected chi connectivity index (χ4v) is 3.11. The molecule has 1 atom stereocenters. The first-order chi connectivity index (χ1) is 8.59. The number of amides is 2. The fraction of sp³-hybridized carbons (Fsp3) is 0.846. The van der Waals surface area contributed by atoms with Crippen LogP contribution in [0.1, 0.15) is 38.5 Å². The van der Waals surface area contributed by atoms with Gasteiger partial charge in [0.2, 0.25) is 11.8 Å². The molecule has 2 fully saturated rings. The van der Waals surface area contributed by atoms with Gasteiger partial charge >= 0.3 is 0 Å². The lowest BCUT2D eigenvalue weighted by Crippen LogP contribution is -2.48. The van der Waals surface area contributed by atoms with Crippen molar-refractivity contribution in [2.75, 3.05) is 13.1 Å². The number of carbonyl (C=O) groups excluding carboxylic acids is 2. The zero-order valence-electron chi connectivity index (χ0n) is 10.8. The highest BCUT2D eigenvalue weighted by atomic mass is 16.2. The summed E-state index contributed by atoms with van der Waals surface area (Å²) in [5, 5.41) is 0. The maximum Gasteiger partial charge on any atom is 0.239 e. The first kappa shape index (κ1) is 13.3. The van der Waals surface area contributed by atoms with Gasteiger partial charge in [0.05, 0.1) is 6.04 Å². The average Bonchev–Trinajstić information content (AvgIpc) is 2.91. The zero-order valence-corrected chi connectivity index (χ0v) is 10.8. The maximum absolute atomic E-state index is 12.2. The summed E-state index contributed by atoms with van der Waals surface area (Å²) in [5.74, 6) is 0.0759. The van der Waals surface area contributed by atoms with E-state index in [1.54, 1.807) is 0 Å². The number of rotatable bonds is 3. The number of hydrogen-bond acceptors (Lipinski definition) is 3. The molecule has 0 bridgehead atoms. The van der Waals surface area contributed by atoms with Gasteiger partial charge in [0.15, 0.2) is 0 Å². The molecule has 18 heavy (non-hydrogen) atoms. The molecule has 1 aliphatic carbocycles. The van der Waals surface area contributed by atoms with Crippen molar-refractivity contribution in [3.63, 3.8) is 0 Å². The molecule has 0 aromatic heterocycles. The summed E-state index contributed by atoms with van der Waals surface area (Å²) in [6.45, 7) is 1.70. The summed E-state index contributed by atoms with van der Waals surface area (Å²) < 4.78 is 0. The topological polar surface area (TPSA) is 89.4 Å². The summed E-state index contributed by atoms with van der Waals surface area (Å²) in [6, 6.07) is -0.392. The third-order valence-electron chi connectivity index (χ3n) is 4.38. The Morgan fingerprint density at radius 1 is 1.06 bits per heavy atom. The Kier molecular flexibility index (Phi) is 4.22. The molecule has 1 saturated carbocycles. The van der Waals surface area contributed by atoms with Crippen LogP contribution in [0.3, 0.4) is 0 Å². The molecule has 0 spiro atoms. The Morgan fingerprint density at radius 3 is 2.11 bits per heavy atom. The minimum Gasteiger partial charge on any atom is -0.369 e. The summed E-state index contributed by atoms with van der Waals surface area (Å²) in [5.41, 5.74) is 11.4. The Balaban J connectivity index is 1.84. The minimum atomic E-state index is -0.392. The number of primary amides is 1. The van der Waals surface area contributed by atoms with E-state index in [-0.39, 0.29) is 23.7 Å². The van der Waals surface area contributed by atoms with E-state index in [1.807, 2.05) is 4.90 Å². The molecule has 1 saturated heterocycles. The van der Waals surface area contributed by atoms with E-state index in [9.17, 15) is 9.59 Å². The van der Waals surface area contributed by atoms with Gasteiger partial charge in [0, 0.05) is 19.0 Å². The van der Waals surface area contributed by atoms with Crippen LogP contribution in [0.25, 0.3) is 0 Å². The number of hydrogen-bond donors (Lipinski definition) is 2. The van der Waals surface area contributed by atoms with Crippen LogP contribution in [-0.2, 0) is 9.59 Å². The molecule has 0 radical (unpaired) electrons. The van der Waals surface area contributed by atoms with Crippen molar-refractivity contribution in [1.29, 1.82) is 0 Å². The average molecular weight is 253 g/mol. The second-order valence-electron chi connectivity index (χ2n) is 5.57. The lowest BCUT2D eigenvalue weighted by atomic mass is 9.78. The third-order valence-corrected chi connectivity index (χ3v) is 4.38. The molecule has 2 rings (SSSR count). The molecule has 4 N–H and O–H groups in total. The molecule has 1 aliphatic heterocycles. The van der Waals surface area contributed by atoms with Crippen molar-refractivity contribution in [3.8, 4) is 0 Å². The fourth-order valence-electron chi connectivity index (χ4n) is 3.11. The van der Waals surface area contributed by atoms with Crippen molar-refractivity contribution < 1.29 is 9.59 Å². The summed E-state index contributed by atoms with van der Waals surface area (Å²) >= 11 is 0. The molecule has 102 valence electrons. The van der Waals surface area contributed by atoms with Gasteiger partial charge in [-0.1, -0.05) is 0 Å². The Labute approximate surface area is 108 Å². The van der Waals surface area contributed by atoms with Gasteiger partial charge in [0.1, 0.15) is 0 Å². The molecule has 0 aromatic carbocycles. The Hall–Kier alpha value is -1.10. The van der Waals surface area contributed by atoms with Crippen molar-refractivity contribution in [2.24, 2.45) is 23.3 Å². The smallest absolute Gasteiger partial charge is 0.239 e. The highest BCUT2D eigenvalue weighted by Gasteiger charge is 2.33. The second-order valence-corrected chi connectivity index (χ2v) is 5.57. The van der Waals surface area contributed by atoms with Gasteiger partial charge in [-0.3, -0.25) is 9.59 Å². The molecule has 2 amide bonds. The Bertz CT molecular complexity index is 318. The van der Waals surface area contributed by atoms with E-state index in [1.165, 1.54) is 0 Å². The predicted molar refractivity (Wildman–Crippen MR) is 68.4 cm³/mol. The molecule has 5 heteroatoms. The summed E-state index contributed by atoms with van der Waals surface area (Å²) in [6.07, 6.45) is 5.42. The highest BCUT2D eigenvalue weighted by Crippen LogP contribution is 2.30. The van der Waals surface area contributed by atoms with Crippen LogP contribution in [0.15, 0.2) is 0 Å². The summed E-state index contributed by atoms with van der Waals surface area (Å²) in [7, 11) is 0. The number of nitrogens with zero attached hydrogens (tertiary/aromatic N) is 1. The van der Waals surface area contributed by atoms with Crippen LogP contribution >= 0.6 is 0 Å². The largest absolute Gasteiger partial charge is 0.369 e. The van der Waals surface area contributed by atoms with E-state index in [0.717, 1.165) is 51.6 Å². The van der Waals surface area contributed by atoms with Crippen molar-refractivity contribution >= 4 is 11.8 Å². The van der Waals surface area contributed by atoms with Crippen LogP contribution in [0.2, 0.25) is 0 Å². The first-order valence-corrected chi connectivity index (χ1v) is 6.93. The van der Waals surface area contributed by atoms with Gasteiger partial charge in [-0.2, -0.15) is 0 Å². The quantitative estimate of drug-likeness (QED) is 0.754. The van der Waals surface area contributed by atoms with Crippen LogP contribution in [0.4, 0.5) is 0 Å². The highest BCUT2D eigenvalue weighted by molar-refractivity contribution is 5.82. The van der Waals surface area contributed by atoms with Gasteiger partial charge in [0.25, 0.3) is 0 Å². The monoisotopic (exact) mass is 253 g/mol. The van der Waals surface area contributed by atoms with Crippen molar-refractivity contribution in [2.45, 2.75) is 44.6 Å². The molecule has 0 aromatic rings. The molecular weight excluding hydrogens is 230 g/mol. The molecule has 1 heterocycles. The van der Waals surface area contributed by atoms with E-state index >= 15 is 0 Å². The lowest BCUT2D eigenvalue weighted by molar-refractivity contribution is -0.133. The molecule has 5 nitrogen and oxygen atoms in total. The van der Waals surface area contributed by atoms with E-state index in [2.05, 4.69) is 0 Å². The van der Waals surface area contributed by atoms with Crippen LogP contribution in [0.5, 0.6) is 0 Å². The third kappa shape index (κ3) is 2.83. The molecule has 2 aliphatic rings.